The maximum Gasteiger partial charge on any atom is 0.315 e. The molecule has 0 aromatic heterocycles. The van der Waals surface area contributed by atoms with Crippen LogP contribution >= 0.6 is 0 Å². The first-order chi connectivity index (χ1) is 12.0. The molecule has 140 valence electrons. The van der Waals surface area contributed by atoms with Crippen LogP contribution < -0.4 is 10.6 Å². The lowest BCUT2D eigenvalue weighted by atomic mass is 9.53. The van der Waals surface area contributed by atoms with E-state index in [0.29, 0.717) is 13.1 Å². The Bertz CT molecular complexity index is 493. The van der Waals surface area contributed by atoms with Gasteiger partial charge in [-0.05, 0) is 69.1 Å². The lowest BCUT2D eigenvalue weighted by molar-refractivity contribution is -0.136. The van der Waals surface area contributed by atoms with Crippen LogP contribution in [0.4, 0.5) is 4.79 Å². The van der Waals surface area contributed by atoms with Crippen LogP contribution in [0.1, 0.15) is 51.4 Å². The molecule has 5 rings (SSSR count). The van der Waals surface area contributed by atoms with Gasteiger partial charge >= 0.3 is 6.03 Å². The van der Waals surface area contributed by atoms with Gasteiger partial charge in [0.15, 0.2) is 0 Å². The first-order valence-corrected chi connectivity index (χ1v) is 9.90. The number of hydrogen-bond donors (Lipinski definition) is 2. The van der Waals surface area contributed by atoms with Gasteiger partial charge in [-0.2, -0.15) is 0 Å². The van der Waals surface area contributed by atoms with Gasteiger partial charge in [0.2, 0.25) is 5.91 Å². The van der Waals surface area contributed by atoms with Gasteiger partial charge < -0.3 is 20.3 Å². The minimum absolute atomic E-state index is 0.00335. The molecule has 2 N–H and O–H groups in total. The summed E-state index contributed by atoms with van der Waals surface area (Å²) in [5.74, 6) is 2.55. The van der Waals surface area contributed by atoms with Gasteiger partial charge in [0, 0.05) is 31.8 Å². The smallest absolute Gasteiger partial charge is 0.315 e. The summed E-state index contributed by atoms with van der Waals surface area (Å²) in [4.78, 5) is 26.3. The molecule has 0 atom stereocenters. The number of urea groups is 1. The number of amides is 3. The van der Waals surface area contributed by atoms with Gasteiger partial charge in [0.1, 0.15) is 6.61 Å². The summed E-state index contributed by atoms with van der Waals surface area (Å²) in [5, 5.41) is 6.54. The number of rotatable bonds is 4. The number of piperidine rings is 1. The summed E-state index contributed by atoms with van der Waals surface area (Å²) in [6, 6.07) is 0.170. The topological polar surface area (TPSA) is 70.7 Å². The zero-order chi connectivity index (χ0) is 17.4. The third kappa shape index (κ3) is 3.64. The van der Waals surface area contributed by atoms with Crippen LogP contribution in [0.3, 0.4) is 0 Å². The van der Waals surface area contributed by atoms with Gasteiger partial charge in [-0.3, -0.25) is 4.79 Å². The molecule has 0 unspecified atom stereocenters. The van der Waals surface area contributed by atoms with Crippen molar-refractivity contribution >= 4 is 11.9 Å². The summed E-state index contributed by atoms with van der Waals surface area (Å²) in [5.41, 5.74) is 0.0635. The van der Waals surface area contributed by atoms with E-state index < -0.39 is 0 Å². The minimum Gasteiger partial charge on any atom is -0.375 e. The Morgan fingerprint density at radius 2 is 1.60 bits per heavy atom. The van der Waals surface area contributed by atoms with Crippen molar-refractivity contribution in [2.24, 2.45) is 17.8 Å². The number of nitrogens with zero attached hydrogens (tertiary/aromatic N) is 1. The molecule has 1 saturated heterocycles. The van der Waals surface area contributed by atoms with E-state index in [0.717, 1.165) is 30.6 Å². The molecule has 6 heteroatoms. The van der Waals surface area contributed by atoms with E-state index >= 15 is 0 Å². The summed E-state index contributed by atoms with van der Waals surface area (Å²) >= 11 is 0. The summed E-state index contributed by atoms with van der Waals surface area (Å²) in [7, 11) is 1.54. The third-order valence-electron chi connectivity index (χ3n) is 6.87. The first kappa shape index (κ1) is 17.1. The Kier molecular flexibility index (Phi) is 4.65. The van der Waals surface area contributed by atoms with Crippen LogP contribution in [0, 0.1) is 17.8 Å². The van der Waals surface area contributed by atoms with E-state index in [1.165, 1.54) is 38.5 Å². The maximum atomic E-state index is 12.6. The molecule has 5 aliphatic rings. The van der Waals surface area contributed by atoms with Crippen molar-refractivity contribution in [2.45, 2.75) is 62.9 Å². The highest BCUT2D eigenvalue weighted by atomic mass is 16.5. The number of hydrogen-bond acceptors (Lipinski definition) is 3. The Labute approximate surface area is 150 Å². The van der Waals surface area contributed by atoms with Gasteiger partial charge in [0.05, 0.1) is 0 Å². The predicted octanol–water partition coefficient (Wildman–Crippen LogP) is 1.89. The van der Waals surface area contributed by atoms with Crippen LogP contribution in [-0.4, -0.2) is 55.2 Å². The molecule has 4 bridgehead atoms. The highest BCUT2D eigenvalue weighted by molar-refractivity contribution is 5.78. The Morgan fingerprint density at radius 3 is 2.12 bits per heavy atom. The highest BCUT2D eigenvalue weighted by Crippen LogP contribution is 2.55. The van der Waals surface area contributed by atoms with Gasteiger partial charge in [-0.1, -0.05) is 0 Å². The molecule has 0 spiro atoms. The van der Waals surface area contributed by atoms with E-state index in [4.69, 9.17) is 4.74 Å². The SMILES string of the molecule is COCC(=O)N1CCC(NC(=O)NC23CC4CC(CC(C4)C2)C3)CC1. The minimum atomic E-state index is 0.00335. The van der Waals surface area contributed by atoms with Crippen molar-refractivity contribution in [1.29, 1.82) is 0 Å². The Morgan fingerprint density at radius 1 is 1.04 bits per heavy atom. The quantitative estimate of drug-likeness (QED) is 0.814. The zero-order valence-electron chi connectivity index (χ0n) is 15.3. The lowest BCUT2D eigenvalue weighted by Crippen LogP contribution is -2.62. The van der Waals surface area contributed by atoms with E-state index in [1.54, 1.807) is 7.11 Å². The molecular formula is C19H31N3O3. The number of nitrogens with one attached hydrogen (secondary N) is 2. The summed E-state index contributed by atoms with van der Waals surface area (Å²) in [6.45, 7) is 1.54. The van der Waals surface area contributed by atoms with E-state index in [2.05, 4.69) is 10.6 Å². The van der Waals surface area contributed by atoms with Crippen molar-refractivity contribution < 1.29 is 14.3 Å². The molecule has 1 heterocycles. The maximum absolute atomic E-state index is 12.6. The van der Waals surface area contributed by atoms with Gasteiger partial charge in [-0.25, -0.2) is 4.79 Å². The van der Waals surface area contributed by atoms with Crippen LogP contribution in [0.15, 0.2) is 0 Å². The zero-order valence-corrected chi connectivity index (χ0v) is 15.3. The van der Waals surface area contributed by atoms with E-state index in [-0.39, 0.29) is 30.1 Å². The Hall–Kier alpha value is -1.30. The fourth-order valence-corrected chi connectivity index (χ4v) is 6.21. The second-order valence-electron chi connectivity index (χ2n) is 8.88. The lowest BCUT2D eigenvalue weighted by Gasteiger charge is -2.56. The van der Waals surface area contributed by atoms with Crippen molar-refractivity contribution in [3.63, 3.8) is 0 Å². The summed E-state index contributed by atoms with van der Waals surface area (Å²) in [6.07, 6.45) is 9.33. The second kappa shape index (κ2) is 6.78. The van der Waals surface area contributed by atoms with Crippen LogP contribution in [0.2, 0.25) is 0 Å². The van der Waals surface area contributed by atoms with Crippen LogP contribution in [0.25, 0.3) is 0 Å². The molecule has 4 aliphatic carbocycles. The van der Waals surface area contributed by atoms with Crippen molar-refractivity contribution in [3.8, 4) is 0 Å². The second-order valence-corrected chi connectivity index (χ2v) is 8.88. The normalized spacial score (nSPS) is 37.2. The largest absolute Gasteiger partial charge is 0.375 e. The average molecular weight is 349 g/mol. The van der Waals surface area contributed by atoms with Crippen LogP contribution in [-0.2, 0) is 9.53 Å². The average Bonchev–Trinajstić information content (AvgIpc) is 2.53. The number of likely N-dealkylation sites (tertiary alicyclic amines) is 1. The van der Waals surface area contributed by atoms with Crippen molar-refractivity contribution in [1.82, 2.24) is 15.5 Å². The molecular weight excluding hydrogens is 318 g/mol. The molecule has 1 aliphatic heterocycles. The molecule has 0 aromatic rings. The fraction of sp³-hybridized carbons (Fsp3) is 0.895. The molecule has 0 radical (unpaired) electrons. The number of ether oxygens (including phenoxy) is 1. The standard InChI is InChI=1S/C19H31N3O3/c1-25-12-17(23)22-4-2-16(3-5-22)20-18(24)21-19-9-13-6-14(10-19)8-15(7-13)11-19/h13-16H,2-12H2,1H3,(H2,20,21,24). The molecule has 25 heavy (non-hydrogen) atoms. The number of methoxy groups -OCH3 is 1. The highest BCUT2D eigenvalue weighted by Gasteiger charge is 2.51. The number of carbonyl (C=O) groups is 2. The fourth-order valence-electron chi connectivity index (χ4n) is 6.21. The van der Waals surface area contributed by atoms with Crippen molar-refractivity contribution in [2.75, 3.05) is 26.8 Å². The molecule has 4 saturated carbocycles. The Balaban J connectivity index is 1.26. The molecule has 5 fully saturated rings. The monoisotopic (exact) mass is 349 g/mol. The van der Waals surface area contributed by atoms with Gasteiger partial charge in [-0.15, -0.1) is 0 Å². The molecule has 3 amide bonds. The van der Waals surface area contributed by atoms with E-state index in [9.17, 15) is 9.59 Å². The molecule has 0 aromatic carbocycles. The number of carbonyl (C=O) groups excluding carboxylic acids is 2. The van der Waals surface area contributed by atoms with Gasteiger partial charge in [0.25, 0.3) is 0 Å². The van der Waals surface area contributed by atoms with E-state index in [1.807, 2.05) is 4.90 Å². The molecule has 6 nitrogen and oxygen atoms in total. The predicted molar refractivity (Wildman–Crippen MR) is 94.0 cm³/mol. The first-order valence-electron chi connectivity index (χ1n) is 9.90. The third-order valence-corrected chi connectivity index (χ3v) is 6.87. The van der Waals surface area contributed by atoms with Crippen LogP contribution in [0.5, 0.6) is 0 Å². The summed E-state index contributed by atoms with van der Waals surface area (Å²) < 4.78 is 4.91. The van der Waals surface area contributed by atoms with Crippen molar-refractivity contribution in [3.05, 3.63) is 0 Å².